The summed E-state index contributed by atoms with van der Waals surface area (Å²) in [5.74, 6) is 1.42. The molecule has 2 rings (SSSR count). The second-order valence-corrected chi connectivity index (χ2v) is 5.14. The monoisotopic (exact) mass is 279 g/mol. The summed E-state index contributed by atoms with van der Waals surface area (Å²) in [5, 5.41) is 4.67. The fraction of sp³-hybridized carbons (Fsp3) is 0.429. The minimum Gasteiger partial charge on any atom is -0.338 e. The molecule has 0 aliphatic heterocycles. The van der Waals surface area contributed by atoms with Gasteiger partial charge in [0.05, 0.1) is 6.04 Å². The normalized spacial score (nSPS) is 14.3. The molecule has 0 radical (unpaired) electrons. The SMILES string of the molecule is CC[C@H](C)[C@H](N)c1nc(Cc2ccccc2Cl)no1. The van der Waals surface area contributed by atoms with E-state index in [4.69, 9.17) is 21.9 Å². The van der Waals surface area contributed by atoms with Gasteiger partial charge in [-0.15, -0.1) is 0 Å². The van der Waals surface area contributed by atoms with Crippen LogP contribution in [0.4, 0.5) is 0 Å². The van der Waals surface area contributed by atoms with Gasteiger partial charge in [-0.05, 0) is 17.5 Å². The fourth-order valence-corrected chi connectivity index (χ4v) is 1.99. The fourth-order valence-electron chi connectivity index (χ4n) is 1.78. The lowest BCUT2D eigenvalue weighted by atomic mass is 10.0. The van der Waals surface area contributed by atoms with E-state index in [0.29, 0.717) is 29.1 Å². The zero-order valence-electron chi connectivity index (χ0n) is 11.1. The molecule has 0 aliphatic rings. The molecular formula is C14H18ClN3O. The average molecular weight is 280 g/mol. The minimum absolute atomic E-state index is 0.211. The highest BCUT2D eigenvalue weighted by molar-refractivity contribution is 6.31. The first-order valence-corrected chi connectivity index (χ1v) is 6.81. The maximum atomic E-state index is 6.11. The molecule has 4 nitrogen and oxygen atoms in total. The number of nitrogens with two attached hydrogens (primary N) is 1. The highest BCUT2D eigenvalue weighted by Gasteiger charge is 2.20. The molecule has 0 fully saturated rings. The molecule has 0 bridgehead atoms. The van der Waals surface area contributed by atoms with Crippen molar-refractivity contribution in [2.45, 2.75) is 32.7 Å². The van der Waals surface area contributed by atoms with Crippen LogP contribution in [0.2, 0.25) is 5.02 Å². The van der Waals surface area contributed by atoms with Crippen LogP contribution in [0, 0.1) is 5.92 Å². The third kappa shape index (κ3) is 3.33. The number of halogens is 1. The molecule has 0 amide bonds. The molecule has 1 aromatic heterocycles. The van der Waals surface area contributed by atoms with E-state index < -0.39 is 0 Å². The van der Waals surface area contributed by atoms with Gasteiger partial charge in [0, 0.05) is 11.4 Å². The molecule has 2 aromatic rings. The van der Waals surface area contributed by atoms with Crippen LogP contribution in [-0.4, -0.2) is 10.1 Å². The molecule has 2 atom stereocenters. The van der Waals surface area contributed by atoms with E-state index in [1.165, 1.54) is 0 Å². The predicted molar refractivity (Wildman–Crippen MR) is 74.9 cm³/mol. The van der Waals surface area contributed by atoms with Gasteiger partial charge in [0.15, 0.2) is 5.82 Å². The minimum atomic E-state index is -0.211. The van der Waals surface area contributed by atoms with Crippen LogP contribution in [0.15, 0.2) is 28.8 Å². The summed E-state index contributed by atoms with van der Waals surface area (Å²) in [4.78, 5) is 4.35. The number of rotatable bonds is 5. The van der Waals surface area contributed by atoms with E-state index in [9.17, 15) is 0 Å². The van der Waals surface area contributed by atoms with E-state index in [-0.39, 0.29) is 6.04 Å². The summed E-state index contributed by atoms with van der Waals surface area (Å²) in [6.45, 7) is 4.16. The van der Waals surface area contributed by atoms with Crippen LogP contribution < -0.4 is 5.73 Å². The molecule has 0 unspecified atom stereocenters. The molecule has 1 heterocycles. The van der Waals surface area contributed by atoms with Crippen LogP contribution in [-0.2, 0) is 6.42 Å². The Morgan fingerprint density at radius 3 is 2.79 bits per heavy atom. The van der Waals surface area contributed by atoms with E-state index in [1.54, 1.807) is 0 Å². The Morgan fingerprint density at radius 1 is 1.37 bits per heavy atom. The highest BCUT2D eigenvalue weighted by atomic mass is 35.5. The predicted octanol–water partition coefficient (Wildman–Crippen LogP) is 3.36. The average Bonchev–Trinajstić information content (AvgIpc) is 2.88. The van der Waals surface area contributed by atoms with Gasteiger partial charge in [0.25, 0.3) is 0 Å². The topological polar surface area (TPSA) is 64.9 Å². The van der Waals surface area contributed by atoms with Gasteiger partial charge in [-0.25, -0.2) is 0 Å². The van der Waals surface area contributed by atoms with Gasteiger partial charge in [-0.1, -0.05) is 55.2 Å². The molecule has 0 saturated heterocycles. The quantitative estimate of drug-likeness (QED) is 0.911. The van der Waals surface area contributed by atoms with Crippen molar-refractivity contribution >= 4 is 11.6 Å². The zero-order valence-corrected chi connectivity index (χ0v) is 11.9. The number of hydrogen-bond donors (Lipinski definition) is 1. The molecule has 102 valence electrons. The molecule has 2 N–H and O–H groups in total. The Bertz CT molecular complexity index is 541. The first-order valence-electron chi connectivity index (χ1n) is 6.43. The van der Waals surface area contributed by atoms with E-state index in [2.05, 4.69) is 24.0 Å². The maximum absolute atomic E-state index is 6.11. The third-order valence-corrected chi connectivity index (χ3v) is 3.70. The molecule has 0 saturated carbocycles. The van der Waals surface area contributed by atoms with Crippen molar-refractivity contribution in [1.82, 2.24) is 10.1 Å². The number of benzene rings is 1. The summed E-state index contributed by atoms with van der Waals surface area (Å²) >= 11 is 6.11. The number of aromatic nitrogens is 2. The lowest BCUT2D eigenvalue weighted by molar-refractivity contribution is 0.310. The lowest BCUT2D eigenvalue weighted by Crippen LogP contribution is -2.18. The lowest BCUT2D eigenvalue weighted by Gasteiger charge is -2.12. The van der Waals surface area contributed by atoms with Gasteiger partial charge in [-0.2, -0.15) is 4.98 Å². The molecule has 1 aromatic carbocycles. The Balaban J connectivity index is 2.12. The van der Waals surface area contributed by atoms with Crippen molar-refractivity contribution in [1.29, 1.82) is 0 Å². The van der Waals surface area contributed by atoms with Crippen molar-refractivity contribution in [2.24, 2.45) is 11.7 Å². The number of hydrogen-bond acceptors (Lipinski definition) is 4. The molecule has 5 heteroatoms. The van der Waals surface area contributed by atoms with Gasteiger partial charge in [0.2, 0.25) is 5.89 Å². The van der Waals surface area contributed by atoms with Crippen molar-refractivity contribution in [2.75, 3.05) is 0 Å². The summed E-state index contributed by atoms with van der Waals surface area (Å²) < 4.78 is 5.23. The van der Waals surface area contributed by atoms with Crippen molar-refractivity contribution in [3.05, 3.63) is 46.6 Å². The Hall–Kier alpha value is -1.39. The molecule has 19 heavy (non-hydrogen) atoms. The molecule has 0 spiro atoms. The molecular weight excluding hydrogens is 262 g/mol. The summed E-state index contributed by atoms with van der Waals surface area (Å²) in [5.41, 5.74) is 7.04. The smallest absolute Gasteiger partial charge is 0.243 e. The summed E-state index contributed by atoms with van der Waals surface area (Å²) in [6.07, 6.45) is 1.53. The van der Waals surface area contributed by atoms with Crippen LogP contribution in [0.25, 0.3) is 0 Å². The van der Waals surface area contributed by atoms with Crippen molar-refractivity contribution < 1.29 is 4.52 Å². The van der Waals surface area contributed by atoms with Crippen LogP contribution >= 0.6 is 11.6 Å². The first kappa shape index (κ1) is 14.0. The Kier molecular flexibility index (Phi) is 4.56. The Labute approximate surface area is 118 Å². The maximum Gasteiger partial charge on any atom is 0.243 e. The van der Waals surface area contributed by atoms with Gasteiger partial charge >= 0.3 is 0 Å². The summed E-state index contributed by atoms with van der Waals surface area (Å²) in [6, 6.07) is 7.42. The van der Waals surface area contributed by atoms with Crippen LogP contribution in [0.3, 0.4) is 0 Å². The van der Waals surface area contributed by atoms with E-state index in [1.807, 2.05) is 24.3 Å². The van der Waals surface area contributed by atoms with Gasteiger partial charge in [0.1, 0.15) is 0 Å². The zero-order chi connectivity index (χ0) is 13.8. The van der Waals surface area contributed by atoms with Gasteiger partial charge in [-0.3, -0.25) is 0 Å². The van der Waals surface area contributed by atoms with Crippen LogP contribution in [0.1, 0.15) is 43.6 Å². The third-order valence-electron chi connectivity index (χ3n) is 3.33. The van der Waals surface area contributed by atoms with Crippen molar-refractivity contribution in [3.63, 3.8) is 0 Å². The highest BCUT2D eigenvalue weighted by Crippen LogP contribution is 2.22. The molecule has 0 aliphatic carbocycles. The van der Waals surface area contributed by atoms with Crippen molar-refractivity contribution in [3.8, 4) is 0 Å². The van der Waals surface area contributed by atoms with Gasteiger partial charge < -0.3 is 10.3 Å². The second kappa shape index (κ2) is 6.17. The summed E-state index contributed by atoms with van der Waals surface area (Å²) in [7, 11) is 0. The van der Waals surface area contributed by atoms with E-state index >= 15 is 0 Å². The first-order chi connectivity index (χ1) is 9.11. The number of nitrogens with zero attached hydrogens (tertiary/aromatic N) is 2. The second-order valence-electron chi connectivity index (χ2n) is 4.73. The van der Waals surface area contributed by atoms with Crippen LogP contribution in [0.5, 0.6) is 0 Å². The standard InChI is InChI=1S/C14H18ClN3O/c1-3-9(2)13(16)14-17-12(18-19-14)8-10-6-4-5-7-11(10)15/h4-7,9,13H,3,8,16H2,1-2H3/t9-,13-/m0/s1. The Morgan fingerprint density at radius 2 is 2.11 bits per heavy atom. The largest absolute Gasteiger partial charge is 0.338 e. The van der Waals surface area contributed by atoms with E-state index in [0.717, 1.165) is 12.0 Å².